The van der Waals surface area contributed by atoms with Crippen LogP contribution in [0.3, 0.4) is 0 Å². The number of anilines is 1. The fourth-order valence-electron chi connectivity index (χ4n) is 5.25. The Labute approximate surface area is 185 Å². The van der Waals surface area contributed by atoms with E-state index in [0.29, 0.717) is 43.1 Å². The molecule has 2 unspecified atom stereocenters. The molecule has 162 valence electrons. The van der Waals surface area contributed by atoms with Gasteiger partial charge in [-0.2, -0.15) is 0 Å². The number of amides is 3. The molecule has 3 aliphatic heterocycles. The van der Waals surface area contributed by atoms with Crippen molar-refractivity contribution in [2.75, 3.05) is 24.5 Å². The third-order valence-electron chi connectivity index (χ3n) is 6.87. The van der Waals surface area contributed by atoms with E-state index >= 15 is 0 Å². The van der Waals surface area contributed by atoms with Crippen molar-refractivity contribution in [3.63, 3.8) is 0 Å². The zero-order valence-corrected chi connectivity index (χ0v) is 18.4. The first-order valence-electron chi connectivity index (χ1n) is 10.9. The highest BCUT2D eigenvalue weighted by atomic mass is 32.1. The van der Waals surface area contributed by atoms with Crippen molar-refractivity contribution in [2.45, 2.75) is 50.6 Å². The molecule has 8 heteroatoms. The molecule has 2 saturated heterocycles. The summed E-state index contributed by atoms with van der Waals surface area (Å²) in [7, 11) is 0. The van der Waals surface area contributed by atoms with E-state index in [0.717, 1.165) is 24.4 Å². The number of hydrogen-bond acceptors (Lipinski definition) is 5. The van der Waals surface area contributed by atoms with Gasteiger partial charge in [0.15, 0.2) is 0 Å². The van der Waals surface area contributed by atoms with Crippen LogP contribution in [-0.4, -0.2) is 57.8 Å². The molecule has 31 heavy (non-hydrogen) atoms. The zero-order valence-electron chi connectivity index (χ0n) is 17.6. The molecule has 0 bridgehead atoms. The summed E-state index contributed by atoms with van der Waals surface area (Å²) in [5, 5.41) is 3.07. The molecule has 2 fully saturated rings. The fraction of sp³-hybridized carbons (Fsp3) is 0.478. The molecule has 3 aliphatic rings. The van der Waals surface area contributed by atoms with Gasteiger partial charge in [-0.05, 0) is 38.3 Å². The number of fused-ring (bicyclic) bond motifs is 3. The van der Waals surface area contributed by atoms with E-state index in [-0.39, 0.29) is 24.1 Å². The van der Waals surface area contributed by atoms with Gasteiger partial charge in [-0.25, -0.2) is 4.98 Å². The maximum atomic E-state index is 13.3. The summed E-state index contributed by atoms with van der Waals surface area (Å²) in [6.07, 6.45) is 5.08. The van der Waals surface area contributed by atoms with E-state index in [1.165, 1.54) is 0 Å². The van der Waals surface area contributed by atoms with Gasteiger partial charge < -0.3 is 9.80 Å². The molecule has 2 atom stereocenters. The van der Waals surface area contributed by atoms with Crippen LogP contribution < -0.4 is 4.90 Å². The number of rotatable bonds is 4. The van der Waals surface area contributed by atoms with Crippen molar-refractivity contribution >= 4 is 34.7 Å². The average molecular weight is 439 g/mol. The summed E-state index contributed by atoms with van der Waals surface area (Å²) in [6.45, 7) is 3.69. The van der Waals surface area contributed by atoms with Gasteiger partial charge in [0.25, 0.3) is 5.91 Å². The number of benzene rings is 1. The maximum absolute atomic E-state index is 13.3. The van der Waals surface area contributed by atoms with Crippen molar-refractivity contribution < 1.29 is 14.4 Å². The minimum absolute atomic E-state index is 0.0288. The van der Waals surface area contributed by atoms with Gasteiger partial charge >= 0.3 is 0 Å². The molecule has 0 saturated carbocycles. The van der Waals surface area contributed by atoms with Crippen molar-refractivity contribution in [1.82, 2.24) is 14.8 Å². The predicted octanol–water partition coefficient (Wildman–Crippen LogP) is 3.24. The monoisotopic (exact) mass is 438 g/mol. The first-order chi connectivity index (χ1) is 15.0. The van der Waals surface area contributed by atoms with E-state index in [9.17, 15) is 14.4 Å². The highest BCUT2D eigenvalue weighted by Gasteiger charge is 2.52. The lowest BCUT2D eigenvalue weighted by molar-refractivity contribution is -0.132. The maximum Gasteiger partial charge on any atom is 0.257 e. The second-order valence-electron chi connectivity index (χ2n) is 8.72. The van der Waals surface area contributed by atoms with Crippen molar-refractivity contribution in [1.29, 1.82) is 0 Å². The average Bonchev–Trinajstić information content (AvgIpc) is 3.42. The number of nitrogens with zero attached hydrogens (tertiary/aromatic N) is 4. The molecule has 1 aromatic carbocycles. The minimum atomic E-state index is -0.714. The first kappa shape index (κ1) is 20.2. The van der Waals surface area contributed by atoms with Crippen LogP contribution in [-0.2, 0) is 9.59 Å². The van der Waals surface area contributed by atoms with Crippen LogP contribution in [0.4, 0.5) is 5.69 Å². The quantitative estimate of drug-likeness (QED) is 0.735. The molecular weight excluding hydrogens is 412 g/mol. The van der Waals surface area contributed by atoms with Crippen LogP contribution in [0.25, 0.3) is 0 Å². The van der Waals surface area contributed by atoms with Crippen LogP contribution in [0.2, 0.25) is 0 Å². The largest absolute Gasteiger partial charge is 0.342 e. The molecule has 0 radical (unpaired) electrons. The number of piperidine rings is 1. The van der Waals surface area contributed by atoms with Crippen LogP contribution in [0, 0.1) is 0 Å². The molecule has 4 heterocycles. The first-order valence-corrected chi connectivity index (χ1v) is 11.8. The van der Waals surface area contributed by atoms with Crippen molar-refractivity contribution in [2.24, 2.45) is 0 Å². The molecule has 0 N–H and O–H groups in total. The lowest BCUT2D eigenvalue weighted by atomic mass is 9.97. The SMILES string of the molecule is CC12CCC(=O)N1c1ccccc1C(=O)N2CCC(=O)N1CCCC(c2nccs2)C1. The van der Waals surface area contributed by atoms with Crippen LogP contribution in [0.15, 0.2) is 35.8 Å². The molecule has 2 aromatic rings. The second kappa shape index (κ2) is 7.75. The molecular formula is C23H26N4O3S. The Hall–Kier alpha value is -2.74. The number of thiazole rings is 1. The van der Waals surface area contributed by atoms with E-state index in [2.05, 4.69) is 4.98 Å². The van der Waals surface area contributed by atoms with E-state index in [1.54, 1.807) is 27.2 Å². The molecule has 3 amide bonds. The lowest BCUT2D eigenvalue weighted by Gasteiger charge is -2.48. The summed E-state index contributed by atoms with van der Waals surface area (Å²) >= 11 is 1.64. The van der Waals surface area contributed by atoms with Gasteiger partial charge in [-0.1, -0.05) is 12.1 Å². The number of hydrogen-bond donors (Lipinski definition) is 0. The summed E-state index contributed by atoms with van der Waals surface area (Å²) in [4.78, 5) is 48.9. The number of carbonyl (C=O) groups excluding carboxylic acids is 3. The third-order valence-corrected chi connectivity index (χ3v) is 7.81. The normalized spacial score (nSPS) is 25.6. The summed E-state index contributed by atoms with van der Waals surface area (Å²) in [6, 6.07) is 7.27. The van der Waals surface area contributed by atoms with Gasteiger partial charge in [0, 0.05) is 50.0 Å². The number of aromatic nitrogens is 1. The molecule has 7 nitrogen and oxygen atoms in total. The van der Waals surface area contributed by atoms with E-state index in [4.69, 9.17) is 0 Å². The summed E-state index contributed by atoms with van der Waals surface area (Å²) in [5.74, 6) is 0.284. The van der Waals surface area contributed by atoms with Gasteiger partial charge in [0.2, 0.25) is 11.8 Å². The highest BCUT2D eigenvalue weighted by Crippen LogP contribution is 2.44. The van der Waals surface area contributed by atoms with Gasteiger partial charge in [-0.15, -0.1) is 11.3 Å². The molecule has 1 aromatic heterocycles. The molecule has 0 spiro atoms. The Balaban J connectivity index is 1.32. The smallest absolute Gasteiger partial charge is 0.257 e. The van der Waals surface area contributed by atoms with Crippen LogP contribution in [0.5, 0.6) is 0 Å². The fourth-order valence-corrected chi connectivity index (χ4v) is 6.02. The standard InChI is InChI=1S/C23H26N4O3S/c1-23-10-8-20(29)27(23)18-7-3-2-6-17(18)22(30)26(23)13-9-19(28)25-12-4-5-16(15-25)21-24-11-14-31-21/h2-3,6-7,11,14,16H,4-5,8-10,12-13,15H2,1H3. The zero-order chi connectivity index (χ0) is 21.6. The predicted molar refractivity (Wildman–Crippen MR) is 118 cm³/mol. The van der Waals surface area contributed by atoms with E-state index < -0.39 is 5.66 Å². The van der Waals surface area contributed by atoms with Gasteiger partial charge in [-0.3, -0.25) is 19.3 Å². The summed E-state index contributed by atoms with van der Waals surface area (Å²) < 4.78 is 0. The minimum Gasteiger partial charge on any atom is -0.342 e. The molecule has 5 rings (SSSR count). The Kier molecular flexibility index (Phi) is 5.04. The van der Waals surface area contributed by atoms with Crippen molar-refractivity contribution in [3.05, 3.63) is 46.4 Å². The van der Waals surface area contributed by atoms with Crippen molar-refractivity contribution in [3.8, 4) is 0 Å². The number of likely N-dealkylation sites (tertiary alicyclic amines) is 1. The highest BCUT2D eigenvalue weighted by molar-refractivity contribution is 7.09. The Morgan fingerprint density at radius 2 is 2.13 bits per heavy atom. The number of carbonyl (C=O) groups is 3. The Morgan fingerprint density at radius 3 is 2.94 bits per heavy atom. The van der Waals surface area contributed by atoms with E-state index in [1.807, 2.05) is 41.6 Å². The lowest BCUT2D eigenvalue weighted by Crippen LogP contribution is -2.62. The Bertz CT molecular complexity index is 1020. The third kappa shape index (κ3) is 3.33. The molecule has 0 aliphatic carbocycles. The van der Waals surface area contributed by atoms with Crippen LogP contribution in [0.1, 0.15) is 60.3 Å². The summed E-state index contributed by atoms with van der Waals surface area (Å²) in [5.41, 5.74) is 0.501. The Morgan fingerprint density at radius 1 is 1.29 bits per heavy atom. The number of para-hydroxylation sites is 1. The van der Waals surface area contributed by atoms with Gasteiger partial charge in [0.05, 0.1) is 16.3 Å². The van der Waals surface area contributed by atoms with Crippen LogP contribution >= 0.6 is 11.3 Å². The topological polar surface area (TPSA) is 73.8 Å². The van der Waals surface area contributed by atoms with Gasteiger partial charge in [0.1, 0.15) is 5.66 Å². The second-order valence-corrected chi connectivity index (χ2v) is 9.65.